The molecular weight excluding hydrogens is 428 g/mol. The van der Waals surface area contributed by atoms with Gasteiger partial charge < -0.3 is 10.4 Å². The molecule has 158 valence electrons. The van der Waals surface area contributed by atoms with E-state index in [4.69, 9.17) is 16.7 Å². The number of primary sulfonamides is 1. The first-order valence-corrected chi connectivity index (χ1v) is 10.9. The Bertz CT molecular complexity index is 1200. The average Bonchev–Trinajstić information content (AvgIpc) is 3.13. The molecule has 30 heavy (non-hydrogen) atoms. The van der Waals surface area contributed by atoms with Gasteiger partial charge in [-0.05, 0) is 43.7 Å². The number of nitrogens with two attached hydrogens (primary N) is 1. The summed E-state index contributed by atoms with van der Waals surface area (Å²) in [7, 11) is -4.13. The maximum atomic E-state index is 12.4. The lowest BCUT2D eigenvalue weighted by Gasteiger charge is -2.14. The van der Waals surface area contributed by atoms with E-state index in [9.17, 15) is 18.3 Å². The second kappa shape index (κ2) is 8.19. The van der Waals surface area contributed by atoms with Crippen LogP contribution in [0.2, 0.25) is 5.02 Å². The van der Waals surface area contributed by atoms with Crippen LogP contribution in [0.15, 0.2) is 59.8 Å². The number of aromatic nitrogens is 2. The van der Waals surface area contributed by atoms with Crippen molar-refractivity contribution in [3.05, 3.63) is 71.0 Å². The molecule has 0 atom stereocenters. The first kappa shape index (κ1) is 22.0. The van der Waals surface area contributed by atoms with Crippen molar-refractivity contribution < 1.29 is 18.3 Å². The predicted octanol–water partition coefficient (Wildman–Crippen LogP) is 2.58. The summed E-state index contributed by atoms with van der Waals surface area (Å²) >= 11 is 6.08. The summed E-state index contributed by atoms with van der Waals surface area (Å²) in [6, 6.07) is 11.2. The van der Waals surface area contributed by atoms with Crippen molar-refractivity contribution in [2.24, 2.45) is 5.14 Å². The first-order valence-electron chi connectivity index (χ1n) is 8.93. The molecule has 0 aliphatic heterocycles. The van der Waals surface area contributed by atoms with Crippen LogP contribution >= 0.6 is 11.6 Å². The van der Waals surface area contributed by atoms with Crippen molar-refractivity contribution in [1.29, 1.82) is 0 Å². The second-order valence-electron chi connectivity index (χ2n) is 7.28. The summed E-state index contributed by atoms with van der Waals surface area (Å²) in [6.45, 7) is 3.18. The minimum absolute atomic E-state index is 0.0280. The van der Waals surface area contributed by atoms with Crippen molar-refractivity contribution >= 4 is 33.2 Å². The third-order valence-corrected chi connectivity index (χ3v) is 5.70. The molecule has 0 aliphatic rings. The van der Waals surface area contributed by atoms with Crippen LogP contribution < -0.4 is 10.5 Å². The van der Waals surface area contributed by atoms with Crippen LogP contribution in [0.5, 0.6) is 0 Å². The number of halogens is 1. The van der Waals surface area contributed by atoms with E-state index in [1.807, 2.05) is 0 Å². The predicted molar refractivity (Wildman–Crippen MR) is 114 cm³/mol. The normalized spacial score (nSPS) is 12.0. The molecule has 8 nitrogen and oxygen atoms in total. The van der Waals surface area contributed by atoms with Gasteiger partial charge >= 0.3 is 0 Å². The van der Waals surface area contributed by atoms with Crippen molar-refractivity contribution in [2.75, 3.05) is 5.32 Å². The van der Waals surface area contributed by atoms with E-state index < -0.39 is 15.6 Å². The molecule has 0 bridgehead atoms. The summed E-state index contributed by atoms with van der Waals surface area (Å²) < 4.78 is 25.6. The summed E-state index contributed by atoms with van der Waals surface area (Å²) in [4.78, 5) is 12.1. The lowest BCUT2D eigenvalue weighted by atomic mass is 10.0. The molecule has 0 spiro atoms. The van der Waals surface area contributed by atoms with Gasteiger partial charge in [-0.15, -0.1) is 0 Å². The number of rotatable bonds is 6. The summed E-state index contributed by atoms with van der Waals surface area (Å²) in [5, 5.41) is 22.7. The van der Waals surface area contributed by atoms with Crippen LogP contribution in [0.25, 0.3) is 5.69 Å². The molecule has 4 N–H and O–H groups in total. The number of carbonyl (C=O) groups is 1. The van der Waals surface area contributed by atoms with E-state index in [2.05, 4.69) is 10.4 Å². The van der Waals surface area contributed by atoms with Gasteiger partial charge in [-0.3, -0.25) is 4.79 Å². The highest BCUT2D eigenvalue weighted by atomic mass is 35.5. The highest BCUT2D eigenvalue weighted by molar-refractivity contribution is 7.89. The van der Waals surface area contributed by atoms with Crippen LogP contribution in [0, 0.1) is 0 Å². The fraction of sp³-hybridized carbons (Fsp3) is 0.200. The number of carbonyl (C=O) groups excluding carboxylic acids is 1. The minimum atomic E-state index is -4.13. The average molecular weight is 449 g/mol. The Labute approximate surface area is 179 Å². The molecule has 10 heteroatoms. The molecule has 2 aromatic carbocycles. The van der Waals surface area contributed by atoms with E-state index in [0.717, 1.165) is 0 Å². The standard InChI is InChI=1S/C20H21ClN4O4S/c1-20(2,27)14-11-23-25(12-14)17-8-7-15(10-18(17)30(22,28)29)24-19(26)9-13-5-3-4-6-16(13)21/h3-8,10-12,27H,9H2,1-2H3,(H,24,26)(H2,22,28,29). The number of aliphatic hydroxyl groups is 1. The van der Waals surface area contributed by atoms with Gasteiger partial charge in [-0.1, -0.05) is 29.8 Å². The number of benzene rings is 2. The lowest BCUT2D eigenvalue weighted by molar-refractivity contribution is -0.115. The van der Waals surface area contributed by atoms with Crippen molar-refractivity contribution in [1.82, 2.24) is 9.78 Å². The lowest BCUT2D eigenvalue weighted by Crippen LogP contribution is -2.18. The fourth-order valence-electron chi connectivity index (χ4n) is 2.80. The van der Waals surface area contributed by atoms with Crippen molar-refractivity contribution in [2.45, 2.75) is 30.8 Å². The zero-order valence-electron chi connectivity index (χ0n) is 16.3. The van der Waals surface area contributed by atoms with Gasteiger partial charge in [0.25, 0.3) is 0 Å². The van der Waals surface area contributed by atoms with Gasteiger partial charge in [0.2, 0.25) is 15.9 Å². The molecule has 0 saturated carbocycles. The summed E-state index contributed by atoms with van der Waals surface area (Å²) in [5.74, 6) is -0.361. The number of nitrogens with zero attached hydrogens (tertiary/aromatic N) is 2. The molecule has 0 radical (unpaired) electrons. The Morgan fingerprint density at radius 3 is 2.57 bits per heavy atom. The first-order chi connectivity index (χ1) is 13.9. The van der Waals surface area contributed by atoms with Gasteiger partial charge in [-0.2, -0.15) is 5.10 Å². The Hall–Kier alpha value is -2.72. The third kappa shape index (κ3) is 5.06. The fourth-order valence-corrected chi connectivity index (χ4v) is 3.75. The smallest absolute Gasteiger partial charge is 0.240 e. The Morgan fingerprint density at radius 2 is 1.97 bits per heavy atom. The van der Waals surface area contributed by atoms with Gasteiger partial charge in [0.05, 0.1) is 23.9 Å². The van der Waals surface area contributed by atoms with Crippen molar-refractivity contribution in [3.8, 4) is 5.69 Å². The van der Waals surface area contributed by atoms with E-state index in [0.29, 0.717) is 16.1 Å². The maximum absolute atomic E-state index is 12.4. The van der Waals surface area contributed by atoms with Gasteiger partial charge in [0.1, 0.15) is 4.90 Å². The number of anilines is 1. The number of hydrogen-bond donors (Lipinski definition) is 3. The van der Waals surface area contributed by atoms with Crippen LogP contribution in [0.1, 0.15) is 25.0 Å². The zero-order valence-corrected chi connectivity index (χ0v) is 17.9. The van der Waals surface area contributed by atoms with Gasteiger partial charge in [-0.25, -0.2) is 18.2 Å². The highest BCUT2D eigenvalue weighted by Crippen LogP contribution is 2.26. The van der Waals surface area contributed by atoms with Crippen molar-refractivity contribution in [3.63, 3.8) is 0 Å². The summed E-state index contributed by atoms with van der Waals surface area (Å²) in [6.07, 6.45) is 2.98. The van der Waals surface area contributed by atoms with Crippen LogP contribution in [0.4, 0.5) is 5.69 Å². The van der Waals surface area contributed by atoms with Crippen LogP contribution in [-0.2, 0) is 26.8 Å². The SMILES string of the molecule is CC(C)(O)c1cnn(-c2ccc(NC(=O)Cc3ccccc3Cl)cc2S(N)(=O)=O)c1. The Kier molecular flexibility index (Phi) is 6.00. The Balaban J connectivity index is 1.91. The van der Waals surface area contributed by atoms with Gasteiger partial charge in [0, 0.05) is 22.5 Å². The topological polar surface area (TPSA) is 127 Å². The zero-order chi connectivity index (χ0) is 22.1. The molecule has 0 fully saturated rings. The number of amides is 1. The summed E-state index contributed by atoms with van der Waals surface area (Å²) in [5.41, 5.74) is 0.453. The highest BCUT2D eigenvalue weighted by Gasteiger charge is 2.22. The minimum Gasteiger partial charge on any atom is -0.386 e. The van der Waals surface area contributed by atoms with Crippen LogP contribution in [0.3, 0.4) is 0 Å². The van der Waals surface area contributed by atoms with E-state index in [-0.39, 0.29) is 28.6 Å². The van der Waals surface area contributed by atoms with E-state index >= 15 is 0 Å². The maximum Gasteiger partial charge on any atom is 0.240 e. The molecule has 0 unspecified atom stereocenters. The third-order valence-electron chi connectivity index (χ3n) is 4.39. The number of sulfonamides is 1. The Morgan fingerprint density at radius 1 is 1.27 bits per heavy atom. The number of hydrogen-bond acceptors (Lipinski definition) is 5. The molecule has 1 heterocycles. The van der Waals surface area contributed by atoms with Crippen LogP contribution in [-0.4, -0.2) is 29.2 Å². The second-order valence-corrected chi connectivity index (χ2v) is 9.21. The quantitative estimate of drug-likeness (QED) is 0.534. The number of nitrogens with one attached hydrogen (secondary N) is 1. The molecule has 1 aromatic heterocycles. The molecule has 3 rings (SSSR count). The molecule has 1 amide bonds. The molecular formula is C20H21ClN4O4S. The molecule has 3 aromatic rings. The largest absolute Gasteiger partial charge is 0.386 e. The molecule has 0 aliphatic carbocycles. The molecule has 0 saturated heterocycles. The van der Waals surface area contributed by atoms with E-state index in [1.165, 1.54) is 29.2 Å². The van der Waals surface area contributed by atoms with Gasteiger partial charge in [0.15, 0.2) is 0 Å². The monoisotopic (exact) mass is 448 g/mol. The van der Waals surface area contributed by atoms with E-state index in [1.54, 1.807) is 44.2 Å².